The van der Waals surface area contributed by atoms with Crippen LogP contribution < -0.4 is 41.4 Å². The molecule has 4 rings (SSSR count). The number of nitrogens with zero attached hydrogens (tertiary/aromatic N) is 2. The van der Waals surface area contributed by atoms with Crippen LogP contribution >= 0.6 is 0 Å². The summed E-state index contributed by atoms with van der Waals surface area (Å²) in [5.41, 5.74) is 6.58. The molecular formula is C35H52N8O10S. The summed E-state index contributed by atoms with van der Waals surface area (Å²) in [7, 11) is -2.83. The highest BCUT2D eigenvalue weighted by atomic mass is 32.2. The van der Waals surface area contributed by atoms with Crippen LogP contribution in [0.15, 0.2) is 52.4 Å². The van der Waals surface area contributed by atoms with Gasteiger partial charge in [-0.25, -0.2) is 8.42 Å². The predicted molar refractivity (Wildman–Crippen MR) is 201 cm³/mol. The molecule has 54 heavy (non-hydrogen) atoms. The molecule has 2 aliphatic rings. The molecule has 0 radical (unpaired) electrons. The van der Waals surface area contributed by atoms with E-state index in [4.69, 9.17) is 24.7 Å². The molecule has 2 aromatic carbocycles. The molecular weight excluding hydrogens is 724 g/mol. The fourth-order valence-corrected chi connectivity index (χ4v) is 6.84. The van der Waals surface area contributed by atoms with Crippen LogP contribution in [0.25, 0.3) is 0 Å². The van der Waals surface area contributed by atoms with E-state index in [-0.39, 0.29) is 29.2 Å². The summed E-state index contributed by atoms with van der Waals surface area (Å²) in [6.07, 6.45) is 2.80. The Morgan fingerprint density at radius 2 is 1.59 bits per heavy atom. The number of piperidine rings is 1. The highest BCUT2D eigenvalue weighted by molar-refractivity contribution is 7.89. The van der Waals surface area contributed by atoms with E-state index in [1.165, 1.54) is 31.4 Å². The lowest BCUT2D eigenvalue weighted by Crippen LogP contribution is -2.50. The number of methoxy groups -OCH3 is 1. The lowest BCUT2D eigenvalue weighted by molar-refractivity contribution is -0.138. The molecule has 0 bridgehead atoms. The van der Waals surface area contributed by atoms with Crippen molar-refractivity contribution >= 4 is 39.5 Å². The summed E-state index contributed by atoms with van der Waals surface area (Å²) in [5.74, 6) is -1.21. The second kappa shape index (κ2) is 22.0. The van der Waals surface area contributed by atoms with Crippen molar-refractivity contribution in [2.45, 2.75) is 36.2 Å². The van der Waals surface area contributed by atoms with E-state index in [9.17, 15) is 27.9 Å². The van der Waals surface area contributed by atoms with E-state index in [0.717, 1.165) is 57.1 Å². The summed E-state index contributed by atoms with van der Waals surface area (Å²) >= 11 is 0. The number of nitrogens with one attached hydrogen (secondary N) is 5. The monoisotopic (exact) mass is 776 g/mol. The van der Waals surface area contributed by atoms with Gasteiger partial charge in [0, 0.05) is 63.0 Å². The number of hydrogen-bond acceptors (Lipinski definition) is 14. The van der Waals surface area contributed by atoms with Gasteiger partial charge >= 0.3 is 5.97 Å². The van der Waals surface area contributed by atoms with Crippen LogP contribution in [0.4, 0.5) is 5.69 Å². The molecule has 1 saturated heterocycles. The van der Waals surface area contributed by atoms with Gasteiger partial charge in [-0.05, 0) is 61.7 Å². The molecule has 1 atom stereocenters. The van der Waals surface area contributed by atoms with E-state index in [2.05, 4.69) is 35.9 Å². The first-order valence-electron chi connectivity index (χ1n) is 17.9. The van der Waals surface area contributed by atoms with Crippen molar-refractivity contribution in [3.05, 3.63) is 53.6 Å². The molecule has 2 heterocycles. The lowest BCUT2D eigenvalue weighted by Gasteiger charge is -2.35. The number of carboxylic acids is 1. The molecule has 0 unspecified atom stereocenters. The molecule has 2 amide bonds. The Bertz CT molecular complexity index is 1650. The summed E-state index contributed by atoms with van der Waals surface area (Å²) in [6, 6.07) is 8.58. The molecule has 0 aliphatic carbocycles. The topological polar surface area (TPSA) is 244 Å². The number of aliphatic imine (C=N–C) groups is 1. The highest BCUT2D eigenvalue weighted by Gasteiger charge is 2.27. The van der Waals surface area contributed by atoms with E-state index in [0.29, 0.717) is 51.4 Å². The third-order valence-electron chi connectivity index (χ3n) is 8.54. The third kappa shape index (κ3) is 13.4. The lowest BCUT2D eigenvalue weighted by atomic mass is 10.0. The van der Waals surface area contributed by atoms with Gasteiger partial charge in [0.25, 0.3) is 11.8 Å². The molecule has 0 spiro atoms. The summed E-state index contributed by atoms with van der Waals surface area (Å²) in [6.45, 7) is 5.71. The molecule has 2 aliphatic heterocycles. The average molecular weight is 777 g/mol. The number of carbonyl (C=O) groups excluding carboxylic acids is 2. The van der Waals surface area contributed by atoms with E-state index < -0.39 is 40.4 Å². The minimum atomic E-state index is -4.34. The van der Waals surface area contributed by atoms with Gasteiger partial charge in [-0.15, -0.1) is 0 Å². The number of sulfonamides is 1. The van der Waals surface area contributed by atoms with Gasteiger partial charge in [0.05, 0.1) is 57.3 Å². The highest BCUT2D eigenvalue weighted by Crippen LogP contribution is 2.31. The Labute approximate surface area is 315 Å². The minimum absolute atomic E-state index is 0.197. The number of aliphatic carboxylic acids is 1. The van der Waals surface area contributed by atoms with Crippen molar-refractivity contribution in [2.75, 3.05) is 97.5 Å². The summed E-state index contributed by atoms with van der Waals surface area (Å²) in [4.78, 5) is 44.0. The van der Waals surface area contributed by atoms with Gasteiger partial charge in [-0.3, -0.25) is 19.4 Å². The van der Waals surface area contributed by atoms with Crippen molar-refractivity contribution in [1.82, 2.24) is 26.0 Å². The molecule has 19 heteroatoms. The van der Waals surface area contributed by atoms with E-state index >= 15 is 0 Å². The average Bonchev–Trinajstić information content (AvgIpc) is 3.18. The van der Waals surface area contributed by atoms with Crippen LogP contribution in [-0.2, 0) is 29.0 Å². The van der Waals surface area contributed by atoms with Gasteiger partial charge in [0.1, 0.15) is 11.8 Å². The smallest absolute Gasteiger partial charge is 0.323 e. The second-order valence-corrected chi connectivity index (χ2v) is 14.1. The van der Waals surface area contributed by atoms with Gasteiger partial charge < -0.3 is 56.0 Å². The second-order valence-electron chi connectivity index (χ2n) is 12.4. The number of benzene rings is 2. The molecule has 8 N–H and O–H groups in total. The number of rotatable bonds is 22. The zero-order valence-electron chi connectivity index (χ0n) is 30.5. The van der Waals surface area contributed by atoms with Crippen LogP contribution in [0.3, 0.4) is 0 Å². The van der Waals surface area contributed by atoms with Crippen LogP contribution in [0.5, 0.6) is 5.75 Å². The molecule has 0 aromatic heterocycles. The maximum absolute atomic E-state index is 13.1. The number of carboxylic acid groups (broad SMARTS) is 1. The minimum Gasteiger partial charge on any atom is -0.495 e. The van der Waals surface area contributed by atoms with Crippen LogP contribution in [0, 0.1) is 0 Å². The van der Waals surface area contributed by atoms with E-state index in [1.54, 1.807) is 18.2 Å². The molecule has 18 nitrogen and oxygen atoms in total. The summed E-state index contributed by atoms with van der Waals surface area (Å²) < 4.78 is 49.8. The normalized spacial score (nSPS) is 15.4. The van der Waals surface area contributed by atoms with Crippen molar-refractivity contribution in [3.63, 3.8) is 0 Å². The number of nitrogens with two attached hydrogens (primary N) is 1. The Morgan fingerprint density at radius 1 is 0.944 bits per heavy atom. The largest absolute Gasteiger partial charge is 0.495 e. The van der Waals surface area contributed by atoms with Gasteiger partial charge in [-0.2, -0.15) is 4.72 Å². The van der Waals surface area contributed by atoms with Gasteiger partial charge in [-0.1, -0.05) is 0 Å². The zero-order valence-corrected chi connectivity index (χ0v) is 31.3. The first-order valence-corrected chi connectivity index (χ1v) is 19.4. The molecule has 1 fully saturated rings. The first kappa shape index (κ1) is 42.2. The Hall–Kier alpha value is -4.53. The number of ether oxygens (including phenoxy) is 4. The number of carbonyl (C=O) groups is 3. The van der Waals surface area contributed by atoms with Gasteiger partial charge in [0.2, 0.25) is 10.0 Å². The zero-order chi connectivity index (χ0) is 38.8. The number of guanidine groups is 1. The Kier molecular flexibility index (Phi) is 17.2. The predicted octanol–water partition coefficient (Wildman–Crippen LogP) is -0.497. The Morgan fingerprint density at radius 3 is 2.22 bits per heavy atom. The van der Waals surface area contributed by atoms with Crippen LogP contribution in [0.1, 0.15) is 40.0 Å². The molecule has 298 valence electrons. The van der Waals surface area contributed by atoms with Crippen LogP contribution in [0.2, 0.25) is 0 Å². The first-order chi connectivity index (χ1) is 26.1. The van der Waals surface area contributed by atoms with Crippen molar-refractivity contribution in [3.8, 4) is 5.75 Å². The van der Waals surface area contributed by atoms with E-state index in [1.807, 2.05) is 0 Å². The van der Waals surface area contributed by atoms with Crippen molar-refractivity contribution in [1.29, 1.82) is 0 Å². The fourth-order valence-electron chi connectivity index (χ4n) is 5.65. The molecule has 0 saturated carbocycles. The SMILES string of the molecule is COc1cc(C(=O)NC[C@H](NS(=O)(=O)c2ccc(C(=O)NCCOCCOCCOCCN)cc2)C(=O)O)ccc1N1CCC(NC2=NCCCN2)CC1. The quantitative estimate of drug-likeness (QED) is 0.0747. The number of amides is 2. The van der Waals surface area contributed by atoms with Crippen molar-refractivity contribution < 1.29 is 46.9 Å². The Balaban J connectivity index is 1.21. The van der Waals surface area contributed by atoms with Gasteiger partial charge in [0.15, 0.2) is 5.96 Å². The number of hydrogen-bond donors (Lipinski definition) is 7. The van der Waals surface area contributed by atoms with Crippen LogP contribution in [-0.4, -0.2) is 142 Å². The molecule has 2 aromatic rings. The standard InChI is InChI=1S/C35H52N8O10S/c1-50-31-23-26(5-8-30(31)43-15-9-27(10-16-43)41-35-38-12-2-13-39-35)33(45)40-24-29(34(46)47)42-54(48,49)28-6-3-25(4-7-28)32(44)37-14-18-52-20-22-53-21-19-51-17-11-36/h3-8,23,27,29,42H,2,9-22,24,36H2,1H3,(H,37,44)(H,40,45)(H,46,47)(H2,38,39,41)/t29-/m0/s1. The maximum atomic E-state index is 13.1. The maximum Gasteiger partial charge on any atom is 0.323 e. The van der Waals surface area contributed by atoms with Crippen molar-refractivity contribution in [2.24, 2.45) is 10.7 Å². The number of anilines is 1. The fraction of sp³-hybridized carbons (Fsp3) is 0.543. The third-order valence-corrected chi connectivity index (χ3v) is 10.0. The summed E-state index contributed by atoms with van der Waals surface area (Å²) in [5, 5.41) is 21.7.